The molecular formula is C23H24F2N6O2. The van der Waals surface area contributed by atoms with Crippen LogP contribution in [0.5, 0.6) is 0 Å². The molecule has 4 rings (SSSR count). The monoisotopic (exact) mass is 454 g/mol. The average molecular weight is 454 g/mol. The van der Waals surface area contributed by atoms with Gasteiger partial charge in [0.25, 0.3) is 0 Å². The quantitative estimate of drug-likeness (QED) is 0.507. The molecule has 2 aromatic carbocycles. The highest BCUT2D eigenvalue weighted by atomic mass is 19.1. The van der Waals surface area contributed by atoms with Gasteiger partial charge in [-0.2, -0.15) is 15.0 Å². The highest BCUT2D eigenvalue weighted by Gasteiger charge is 2.28. The molecule has 1 atom stereocenters. The van der Waals surface area contributed by atoms with E-state index in [2.05, 4.69) is 25.6 Å². The maximum atomic E-state index is 13.3. The zero-order valence-corrected chi connectivity index (χ0v) is 18.1. The van der Waals surface area contributed by atoms with E-state index in [1.54, 1.807) is 31.2 Å². The Bertz CT molecular complexity index is 1030. The Kier molecular flexibility index (Phi) is 6.92. The van der Waals surface area contributed by atoms with Gasteiger partial charge in [-0.05, 0) is 68.3 Å². The number of carbonyl (C=O) groups is 1. The van der Waals surface area contributed by atoms with Crippen molar-refractivity contribution in [2.45, 2.75) is 19.8 Å². The smallest absolute Gasteiger partial charge is 0.310 e. The van der Waals surface area contributed by atoms with E-state index >= 15 is 0 Å². The number of rotatable bonds is 7. The van der Waals surface area contributed by atoms with Gasteiger partial charge in [-0.3, -0.25) is 4.79 Å². The summed E-state index contributed by atoms with van der Waals surface area (Å²) in [5, 5.41) is 6.11. The van der Waals surface area contributed by atoms with Crippen LogP contribution in [-0.4, -0.2) is 40.6 Å². The van der Waals surface area contributed by atoms with Gasteiger partial charge in [0, 0.05) is 24.5 Å². The molecule has 2 N–H and O–H groups in total. The zero-order chi connectivity index (χ0) is 23.2. The molecular weight excluding hydrogens is 430 g/mol. The lowest BCUT2D eigenvalue weighted by Gasteiger charge is -2.31. The van der Waals surface area contributed by atoms with Crippen LogP contribution in [0, 0.1) is 17.6 Å². The van der Waals surface area contributed by atoms with Crippen molar-refractivity contribution < 1.29 is 18.3 Å². The summed E-state index contributed by atoms with van der Waals surface area (Å²) in [5.74, 6) is -0.331. The third kappa shape index (κ3) is 5.91. The fourth-order valence-corrected chi connectivity index (χ4v) is 3.55. The predicted molar refractivity (Wildman–Crippen MR) is 121 cm³/mol. The van der Waals surface area contributed by atoms with E-state index in [-0.39, 0.29) is 35.4 Å². The summed E-state index contributed by atoms with van der Waals surface area (Å²) in [5.41, 5.74) is 1.20. The summed E-state index contributed by atoms with van der Waals surface area (Å²) in [4.78, 5) is 27.6. The lowest BCUT2D eigenvalue weighted by atomic mass is 9.98. The van der Waals surface area contributed by atoms with Crippen LogP contribution in [-0.2, 0) is 9.53 Å². The van der Waals surface area contributed by atoms with Crippen LogP contribution in [0.2, 0.25) is 0 Å². The van der Waals surface area contributed by atoms with E-state index < -0.39 is 0 Å². The highest BCUT2D eigenvalue weighted by Crippen LogP contribution is 2.25. The molecule has 8 nitrogen and oxygen atoms in total. The number of hydrogen-bond donors (Lipinski definition) is 2. The number of aromatic nitrogens is 3. The fraction of sp³-hybridized carbons (Fsp3) is 0.304. The molecule has 1 aromatic heterocycles. The predicted octanol–water partition coefficient (Wildman–Crippen LogP) is 4.42. The molecule has 0 amide bonds. The number of ether oxygens (including phenoxy) is 1. The molecule has 1 saturated heterocycles. The average Bonchev–Trinajstić information content (AvgIpc) is 2.82. The third-order valence-corrected chi connectivity index (χ3v) is 5.15. The Morgan fingerprint density at radius 1 is 0.970 bits per heavy atom. The molecule has 1 aliphatic rings. The Hall–Kier alpha value is -3.82. The second-order valence-corrected chi connectivity index (χ2v) is 7.58. The first kappa shape index (κ1) is 22.4. The van der Waals surface area contributed by atoms with Crippen molar-refractivity contribution in [3.05, 3.63) is 60.2 Å². The Morgan fingerprint density at radius 3 is 2.03 bits per heavy atom. The van der Waals surface area contributed by atoms with Crippen molar-refractivity contribution in [3.8, 4) is 0 Å². The fourth-order valence-electron chi connectivity index (χ4n) is 3.55. The van der Waals surface area contributed by atoms with Crippen LogP contribution in [0.1, 0.15) is 19.8 Å². The van der Waals surface area contributed by atoms with Crippen LogP contribution in [0.4, 0.5) is 38.0 Å². The van der Waals surface area contributed by atoms with Crippen LogP contribution in [0.3, 0.4) is 0 Å². The van der Waals surface area contributed by atoms with Crippen molar-refractivity contribution in [2.75, 3.05) is 35.2 Å². The van der Waals surface area contributed by atoms with Gasteiger partial charge in [0.1, 0.15) is 11.6 Å². The summed E-state index contributed by atoms with van der Waals surface area (Å²) < 4.78 is 31.7. The van der Waals surface area contributed by atoms with Gasteiger partial charge < -0.3 is 20.3 Å². The van der Waals surface area contributed by atoms with Gasteiger partial charge in [-0.15, -0.1) is 0 Å². The minimum Gasteiger partial charge on any atom is -0.466 e. The highest BCUT2D eigenvalue weighted by molar-refractivity contribution is 5.73. The summed E-state index contributed by atoms with van der Waals surface area (Å²) in [6, 6.07) is 11.6. The lowest BCUT2D eigenvalue weighted by Crippen LogP contribution is -2.40. The Labute approximate surface area is 190 Å². The van der Waals surface area contributed by atoms with E-state index in [1.807, 2.05) is 4.90 Å². The van der Waals surface area contributed by atoms with E-state index in [0.29, 0.717) is 37.0 Å². The van der Waals surface area contributed by atoms with Crippen LogP contribution in [0.15, 0.2) is 48.5 Å². The Morgan fingerprint density at radius 2 is 1.52 bits per heavy atom. The molecule has 0 bridgehead atoms. The molecule has 10 heteroatoms. The standard InChI is InChI=1S/C23H24F2N6O2/c1-2-33-20(32)15-4-3-13-31(14-15)23-29-21(26-18-9-5-16(24)6-10-18)28-22(30-23)27-19-11-7-17(25)8-12-19/h5-12,15H,2-4,13-14H2,1H3,(H2,26,27,28,29,30)/t15-/m1/s1. The van der Waals surface area contributed by atoms with Crippen molar-refractivity contribution in [1.82, 2.24) is 15.0 Å². The van der Waals surface area contributed by atoms with Crippen molar-refractivity contribution >= 4 is 35.2 Å². The maximum Gasteiger partial charge on any atom is 0.310 e. The topological polar surface area (TPSA) is 92.3 Å². The van der Waals surface area contributed by atoms with Gasteiger partial charge >= 0.3 is 5.97 Å². The molecule has 3 aromatic rings. The first-order chi connectivity index (χ1) is 16.0. The SMILES string of the molecule is CCOC(=O)[C@@H]1CCCN(c2nc(Nc3ccc(F)cc3)nc(Nc3ccc(F)cc3)n2)C1. The second-order valence-electron chi connectivity index (χ2n) is 7.58. The molecule has 0 spiro atoms. The molecule has 1 aliphatic heterocycles. The zero-order valence-electron chi connectivity index (χ0n) is 18.1. The minimum absolute atomic E-state index is 0.231. The van der Waals surface area contributed by atoms with Gasteiger partial charge in [0.05, 0.1) is 12.5 Å². The minimum atomic E-state index is -0.353. The molecule has 0 unspecified atom stereocenters. The van der Waals surface area contributed by atoms with E-state index in [4.69, 9.17) is 4.74 Å². The first-order valence-corrected chi connectivity index (χ1v) is 10.7. The number of nitrogens with zero attached hydrogens (tertiary/aromatic N) is 4. The summed E-state index contributed by atoms with van der Waals surface area (Å²) >= 11 is 0. The van der Waals surface area contributed by atoms with Gasteiger partial charge in [0.2, 0.25) is 17.8 Å². The normalized spacial score (nSPS) is 15.7. The Balaban J connectivity index is 1.62. The molecule has 1 fully saturated rings. The van der Waals surface area contributed by atoms with Crippen LogP contribution >= 0.6 is 0 Å². The van der Waals surface area contributed by atoms with Gasteiger partial charge in [-0.1, -0.05) is 0 Å². The second kappa shape index (κ2) is 10.2. The number of anilines is 5. The third-order valence-electron chi connectivity index (χ3n) is 5.15. The number of carbonyl (C=O) groups excluding carboxylic acids is 1. The molecule has 172 valence electrons. The number of piperidine rings is 1. The lowest BCUT2D eigenvalue weighted by molar-refractivity contribution is -0.148. The first-order valence-electron chi connectivity index (χ1n) is 10.7. The van der Waals surface area contributed by atoms with E-state index in [9.17, 15) is 13.6 Å². The number of halogens is 2. The molecule has 0 radical (unpaired) electrons. The van der Waals surface area contributed by atoms with E-state index in [0.717, 1.165) is 12.8 Å². The number of nitrogens with one attached hydrogen (secondary N) is 2. The van der Waals surface area contributed by atoms with Crippen LogP contribution < -0.4 is 15.5 Å². The molecule has 0 aliphatic carbocycles. The number of esters is 1. The number of benzene rings is 2. The summed E-state index contributed by atoms with van der Waals surface area (Å²) in [7, 11) is 0. The summed E-state index contributed by atoms with van der Waals surface area (Å²) in [6.07, 6.45) is 1.53. The summed E-state index contributed by atoms with van der Waals surface area (Å²) in [6.45, 7) is 3.21. The van der Waals surface area contributed by atoms with Crippen LogP contribution in [0.25, 0.3) is 0 Å². The van der Waals surface area contributed by atoms with Crippen molar-refractivity contribution in [2.24, 2.45) is 5.92 Å². The molecule has 33 heavy (non-hydrogen) atoms. The van der Waals surface area contributed by atoms with Crippen molar-refractivity contribution in [3.63, 3.8) is 0 Å². The van der Waals surface area contributed by atoms with Gasteiger partial charge in [0.15, 0.2) is 0 Å². The molecule has 2 heterocycles. The van der Waals surface area contributed by atoms with Gasteiger partial charge in [-0.25, -0.2) is 8.78 Å². The largest absolute Gasteiger partial charge is 0.466 e. The number of hydrogen-bond acceptors (Lipinski definition) is 8. The van der Waals surface area contributed by atoms with Crippen molar-refractivity contribution in [1.29, 1.82) is 0 Å². The molecule has 0 saturated carbocycles. The maximum absolute atomic E-state index is 13.3. The van der Waals surface area contributed by atoms with E-state index in [1.165, 1.54) is 24.3 Å².